The van der Waals surface area contributed by atoms with Crippen molar-refractivity contribution in [1.82, 2.24) is 14.8 Å². The van der Waals surface area contributed by atoms with Crippen LogP contribution in [0.1, 0.15) is 12.5 Å². The van der Waals surface area contributed by atoms with Crippen molar-refractivity contribution in [3.05, 3.63) is 54.4 Å². The Hall–Kier alpha value is -2.65. The highest BCUT2D eigenvalue weighted by Gasteiger charge is 2.31. The summed E-state index contributed by atoms with van der Waals surface area (Å²) in [6.07, 6.45) is -1.18. The predicted molar refractivity (Wildman–Crippen MR) is 102 cm³/mol. The van der Waals surface area contributed by atoms with Crippen molar-refractivity contribution >= 4 is 11.6 Å². The van der Waals surface area contributed by atoms with Crippen molar-refractivity contribution in [2.24, 2.45) is 0 Å². The van der Waals surface area contributed by atoms with E-state index in [2.05, 4.69) is 24.8 Å². The van der Waals surface area contributed by atoms with E-state index < -0.39 is 6.36 Å². The molecule has 1 unspecified atom stereocenters. The van der Waals surface area contributed by atoms with Gasteiger partial charge >= 0.3 is 6.36 Å². The molecule has 1 fully saturated rings. The Bertz CT molecular complexity index is 792. The number of hydrogen-bond donors (Lipinski definition) is 1. The minimum atomic E-state index is -4.74. The van der Waals surface area contributed by atoms with Crippen LogP contribution in [-0.2, 0) is 11.3 Å². The van der Waals surface area contributed by atoms with E-state index in [1.165, 1.54) is 29.8 Å². The van der Waals surface area contributed by atoms with E-state index in [4.69, 9.17) is 0 Å². The van der Waals surface area contributed by atoms with Crippen molar-refractivity contribution in [2.45, 2.75) is 25.9 Å². The first-order valence-corrected chi connectivity index (χ1v) is 9.32. The highest BCUT2D eigenvalue weighted by Crippen LogP contribution is 2.24. The predicted octanol–water partition coefficient (Wildman–Crippen LogP) is 3.13. The van der Waals surface area contributed by atoms with Crippen molar-refractivity contribution in [1.29, 1.82) is 0 Å². The van der Waals surface area contributed by atoms with Crippen molar-refractivity contribution < 1.29 is 22.7 Å². The third-order valence-corrected chi connectivity index (χ3v) is 4.85. The Balaban J connectivity index is 1.47. The first-order chi connectivity index (χ1) is 13.8. The number of benzene rings is 1. The van der Waals surface area contributed by atoms with E-state index in [-0.39, 0.29) is 17.7 Å². The number of anilines is 1. The molecule has 0 bridgehead atoms. The molecule has 1 aromatic heterocycles. The number of ether oxygens (including phenoxy) is 1. The van der Waals surface area contributed by atoms with Crippen LogP contribution in [0.25, 0.3) is 0 Å². The van der Waals surface area contributed by atoms with Gasteiger partial charge in [0.25, 0.3) is 0 Å². The first kappa shape index (κ1) is 21.1. The largest absolute Gasteiger partial charge is 0.573 e. The summed E-state index contributed by atoms with van der Waals surface area (Å²) >= 11 is 0. The fourth-order valence-corrected chi connectivity index (χ4v) is 3.21. The first-order valence-electron chi connectivity index (χ1n) is 9.32. The molecule has 1 aliphatic heterocycles. The molecule has 1 aromatic carbocycles. The van der Waals surface area contributed by atoms with E-state index in [1.807, 2.05) is 19.1 Å². The zero-order valence-electron chi connectivity index (χ0n) is 16.0. The van der Waals surface area contributed by atoms with Gasteiger partial charge in [-0.1, -0.05) is 0 Å². The Labute approximate surface area is 167 Å². The van der Waals surface area contributed by atoms with Crippen LogP contribution in [0.3, 0.4) is 0 Å². The fraction of sp³-hybridized carbons (Fsp3) is 0.400. The maximum atomic E-state index is 12.5. The average molecular weight is 408 g/mol. The summed E-state index contributed by atoms with van der Waals surface area (Å²) in [5.74, 6) is -0.522. The number of piperazine rings is 1. The number of rotatable bonds is 6. The zero-order valence-corrected chi connectivity index (χ0v) is 16.0. The number of alkyl halides is 3. The highest BCUT2D eigenvalue weighted by molar-refractivity contribution is 5.94. The SMILES string of the molecule is CC(C(=O)Nc1ccc(OC(F)(F)F)cc1)N1CCN(Cc2ccncc2)CC1. The maximum Gasteiger partial charge on any atom is 0.573 e. The molecule has 1 atom stereocenters. The normalized spacial score (nSPS) is 17.0. The van der Waals surface area contributed by atoms with Crippen LogP contribution in [-0.4, -0.2) is 59.3 Å². The second-order valence-corrected chi connectivity index (χ2v) is 6.90. The van der Waals surface area contributed by atoms with Gasteiger partial charge in [0.1, 0.15) is 5.75 Å². The number of nitrogens with one attached hydrogen (secondary N) is 1. The quantitative estimate of drug-likeness (QED) is 0.796. The minimum absolute atomic E-state index is 0.197. The summed E-state index contributed by atoms with van der Waals surface area (Å²) < 4.78 is 40.5. The van der Waals surface area contributed by atoms with Gasteiger partial charge in [-0.2, -0.15) is 0 Å². The van der Waals surface area contributed by atoms with Gasteiger partial charge in [0, 0.05) is 50.8 Å². The lowest BCUT2D eigenvalue weighted by Gasteiger charge is -2.37. The summed E-state index contributed by atoms with van der Waals surface area (Å²) in [4.78, 5) is 21.0. The van der Waals surface area contributed by atoms with Crippen LogP contribution >= 0.6 is 0 Å². The fourth-order valence-electron chi connectivity index (χ4n) is 3.21. The highest BCUT2D eigenvalue weighted by atomic mass is 19.4. The summed E-state index contributed by atoms with van der Waals surface area (Å²) in [7, 11) is 0. The number of halogens is 3. The van der Waals surface area contributed by atoms with E-state index in [9.17, 15) is 18.0 Å². The minimum Gasteiger partial charge on any atom is -0.406 e. The van der Waals surface area contributed by atoms with Crippen molar-refractivity contribution in [3.63, 3.8) is 0 Å². The van der Waals surface area contributed by atoms with Gasteiger partial charge in [-0.15, -0.1) is 13.2 Å². The number of carbonyl (C=O) groups excluding carboxylic acids is 1. The summed E-state index contributed by atoms with van der Waals surface area (Å²) in [6, 6.07) is 8.76. The van der Waals surface area contributed by atoms with E-state index in [1.54, 1.807) is 12.4 Å². The van der Waals surface area contributed by atoms with Crippen LogP contribution in [0.5, 0.6) is 5.75 Å². The number of nitrogens with zero attached hydrogens (tertiary/aromatic N) is 3. The molecule has 2 aromatic rings. The molecule has 2 heterocycles. The molecule has 6 nitrogen and oxygen atoms in total. The molecule has 0 radical (unpaired) electrons. The molecule has 0 saturated carbocycles. The number of aromatic nitrogens is 1. The Morgan fingerprint density at radius 1 is 1.10 bits per heavy atom. The van der Waals surface area contributed by atoms with Gasteiger partial charge in [0.15, 0.2) is 0 Å². The average Bonchev–Trinajstić information content (AvgIpc) is 2.69. The van der Waals surface area contributed by atoms with Gasteiger partial charge in [-0.25, -0.2) is 0 Å². The van der Waals surface area contributed by atoms with Crippen LogP contribution in [0.4, 0.5) is 18.9 Å². The van der Waals surface area contributed by atoms with E-state index >= 15 is 0 Å². The molecule has 0 aliphatic carbocycles. The molecule has 1 aliphatic rings. The molecule has 3 rings (SSSR count). The number of pyridine rings is 1. The van der Waals surface area contributed by atoms with Gasteiger partial charge in [0.2, 0.25) is 5.91 Å². The van der Waals surface area contributed by atoms with Crippen LogP contribution < -0.4 is 10.1 Å². The molecular formula is C20H23F3N4O2. The van der Waals surface area contributed by atoms with E-state index in [0.717, 1.165) is 32.7 Å². The second-order valence-electron chi connectivity index (χ2n) is 6.90. The third kappa shape index (κ3) is 6.43. The smallest absolute Gasteiger partial charge is 0.406 e. The molecule has 29 heavy (non-hydrogen) atoms. The van der Waals surface area contributed by atoms with Crippen LogP contribution in [0.2, 0.25) is 0 Å². The topological polar surface area (TPSA) is 57.7 Å². The Morgan fingerprint density at radius 2 is 1.72 bits per heavy atom. The molecular weight excluding hydrogens is 385 g/mol. The summed E-state index contributed by atoms with van der Waals surface area (Å²) in [5, 5.41) is 2.74. The van der Waals surface area contributed by atoms with Crippen LogP contribution in [0.15, 0.2) is 48.8 Å². The lowest BCUT2D eigenvalue weighted by molar-refractivity contribution is -0.274. The summed E-state index contributed by atoms with van der Waals surface area (Å²) in [5.41, 5.74) is 1.63. The third-order valence-electron chi connectivity index (χ3n) is 4.85. The maximum absolute atomic E-state index is 12.5. The zero-order chi connectivity index (χ0) is 20.9. The Kier molecular flexibility index (Phi) is 6.71. The number of amides is 1. The Morgan fingerprint density at radius 3 is 2.31 bits per heavy atom. The van der Waals surface area contributed by atoms with Gasteiger partial charge in [-0.05, 0) is 48.9 Å². The molecule has 0 spiro atoms. The lowest BCUT2D eigenvalue weighted by atomic mass is 10.2. The van der Waals surface area contributed by atoms with Gasteiger partial charge in [0.05, 0.1) is 6.04 Å². The molecule has 156 valence electrons. The second kappa shape index (κ2) is 9.23. The monoisotopic (exact) mass is 408 g/mol. The van der Waals surface area contributed by atoms with Crippen molar-refractivity contribution in [3.8, 4) is 5.75 Å². The molecule has 1 N–H and O–H groups in total. The van der Waals surface area contributed by atoms with Gasteiger partial charge < -0.3 is 10.1 Å². The van der Waals surface area contributed by atoms with Crippen LogP contribution in [0, 0.1) is 0 Å². The number of carbonyl (C=O) groups is 1. The van der Waals surface area contributed by atoms with Gasteiger partial charge in [-0.3, -0.25) is 19.6 Å². The standard InChI is InChI=1S/C20H23F3N4O2/c1-15(19(28)25-17-2-4-18(5-3-17)29-20(21,22)23)27-12-10-26(11-13-27)14-16-6-8-24-9-7-16/h2-9,15H,10-14H2,1H3,(H,25,28). The summed E-state index contributed by atoms with van der Waals surface area (Å²) in [6.45, 7) is 5.90. The molecule has 9 heteroatoms. The van der Waals surface area contributed by atoms with E-state index in [0.29, 0.717) is 5.69 Å². The van der Waals surface area contributed by atoms with Crippen molar-refractivity contribution in [2.75, 3.05) is 31.5 Å². The molecule has 1 saturated heterocycles. The molecule has 1 amide bonds. The lowest BCUT2D eigenvalue weighted by Crippen LogP contribution is -2.52. The number of hydrogen-bond acceptors (Lipinski definition) is 5.